The van der Waals surface area contributed by atoms with Gasteiger partial charge < -0.3 is 0 Å². The molecule has 9 aromatic carbocycles. The van der Waals surface area contributed by atoms with Crippen LogP contribution in [0.25, 0.3) is 77.3 Å². The summed E-state index contributed by atoms with van der Waals surface area (Å²) in [7, 11) is 0. The molecule has 1 aromatic heterocycles. The van der Waals surface area contributed by atoms with Gasteiger partial charge in [0.1, 0.15) is 0 Å². The molecule has 0 N–H and O–H groups in total. The molecule has 2 heteroatoms. The molecule has 0 saturated carbocycles. The van der Waals surface area contributed by atoms with Gasteiger partial charge in [-0.15, -0.1) is 0 Å². The largest absolute Gasteiger partial charge is 0.228 e. The molecule has 0 aliphatic heterocycles. The van der Waals surface area contributed by atoms with Crippen molar-refractivity contribution in [1.82, 2.24) is 9.97 Å². The van der Waals surface area contributed by atoms with E-state index in [0.29, 0.717) is 5.82 Å². The Morgan fingerprint density at radius 2 is 0.800 bits per heavy atom. The Morgan fingerprint density at radius 1 is 0.291 bits per heavy atom. The van der Waals surface area contributed by atoms with Crippen molar-refractivity contribution in [2.45, 2.75) is 5.41 Å². The van der Waals surface area contributed by atoms with Gasteiger partial charge in [-0.2, -0.15) is 0 Å². The molecule has 0 spiro atoms. The highest BCUT2D eigenvalue weighted by Gasteiger charge is 2.46. The van der Waals surface area contributed by atoms with Gasteiger partial charge in [-0.05, 0) is 83.9 Å². The van der Waals surface area contributed by atoms with Gasteiger partial charge >= 0.3 is 0 Å². The normalized spacial score (nSPS) is 14.6. The number of hydrogen-bond acceptors (Lipinski definition) is 2. The maximum atomic E-state index is 5.26. The van der Waals surface area contributed by atoms with Crippen molar-refractivity contribution < 1.29 is 0 Å². The number of hydrogen-bond donors (Lipinski definition) is 0. The Kier molecular flexibility index (Phi) is 7.11. The summed E-state index contributed by atoms with van der Waals surface area (Å²) in [5.41, 5.74) is 11.8. The Hall–Kier alpha value is -7.16. The number of benzene rings is 9. The average molecular weight is 699 g/mol. The van der Waals surface area contributed by atoms with Crippen LogP contribution in [0.1, 0.15) is 22.3 Å². The third-order valence-electron chi connectivity index (χ3n) is 11.6. The molecule has 11 rings (SSSR count). The fourth-order valence-electron chi connectivity index (χ4n) is 9.12. The van der Waals surface area contributed by atoms with Crippen LogP contribution in [0.15, 0.2) is 206 Å². The van der Waals surface area contributed by atoms with E-state index in [9.17, 15) is 0 Å². The predicted molar refractivity (Wildman–Crippen MR) is 228 cm³/mol. The van der Waals surface area contributed by atoms with E-state index < -0.39 is 5.41 Å². The first-order chi connectivity index (χ1) is 27.3. The standard InChI is InChI=1S/C53H34N2/c1-4-16-35(17-5-1)50-34-51(55-52(54-50)36-18-6-2-7-19-36)37-28-30-46-45-26-14-15-27-48(45)53(49(46)32-37,38-20-8-3-9-21-38)39-29-31-44-42-24-11-10-22-40(42)41-23-12-13-25-43(41)47(44)33-39/h1-34H. The van der Waals surface area contributed by atoms with E-state index in [1.165, 1.54) is 65.7 Å². The second-order valence-electron chi connectivity index (χ2n) is 14.5. The Balaban J connectivity index is 1.21. The summed E-state index contributed by atoms with van der Waals surface area (Å²) in [4.78, 5) is 10.4. The number of nitrogens with zero attached hydrogens (tertiary/aromatic N) is 2. The molecule has 1 aliphatic carbocycles. The second-order valence-corrected chi connectivity index (χ2v) is 14.5. The van der Waals surface area contributed by atoms with Crippen molar-refractivity contribution in [3.05, 3.63) is 229 Å². The minimum atomic E-state index is -0.582. The van der Waals surface area contributed by atoms with Crippen molar-refractivity contribution in [1.29, 1.82) is 0 Å². The molecule has 1 atom stereocenters. The topological polar surface area (TPSA) is 25.8 Å². The summed E-state index contributed by atoms with van der Waals surface area (Å²) in [6.45, 7) is 0. The average Bonchev–Trinajstić information content (AvgIpc) is 3.57. The van der Waals surface area contributed by atoms with E-state index in [1.54, 1.807) is 0 Å². The molecule has 10 aromatic rings. The Labute approximate surface area is 320 Å². The molecule has 0 amide bonds. The highest BCUT2D eigenvalue weighted by molar-refractivity contribution is 6.25. The van der Waals surface area contributed by atoms with E-state index in [-0.39, 0.29) is 0 Å². The van der Waals surface area contributed by atoms with E-state index in [0.717, 1.165) is 28.1 Å². The summed E-state index contributed by atoms with van der Waals surface area (Å²) >= 11 is 0. The van der Waals surface area contributed by atoms with Gasteiger partial charge in [0.2, 0.25) is 0 Å². The third-order valence-corrected chi connectivity index (χ3v) is 11.6. The zero-order chi connectivity index (χ0) is 36.3. The summed E-state index contributed by atoms with van der Waals surface area (Å²) in [5.74, 6) is 0.712. The molecule has 1 heterocycles. The summed E-state index contributed by atoms with van der Waals surface area (Å²) < 4.78 is 0. The van der Waals surface area contributed by atoms with Gasteiger partial charge in [0, 0.05) is 16.7 Å². The Morgan fingerprint density at radius 3 is 1.47 bits per heavy atom. The predicted octanol–water partition coefficient (Wildman–Crippen LogP) is 13.3. The van der Waals surface area contributed by atoms with Crippen LogP contribution in [0.4, 0.5) is 0 Å². The fraction of sp³-hybridized carbons (Fsp3) is 0.0189. The van der Waals surface area contributed by atoms with Crippen molar-refractivity contribution in [3.63, 3.8) is 0 Å². The number of rotatable bonds is 5. The zero-order valence-electron chi connectivity index (χ0n) is 30.0. The maximum absolute atomic E-state index is 5.26. The highest BCUT2D eigenvalue weighted by Crippen LogP contribution is 2.57. The Bertz CT molecular complexity index is 2990. The van der Waals surface area contributed by atoms with Crippen LogP contribution in [0.5, 0.6) is 0 Å². The van der Waals surface area contributed by atoms with E-state index in [1.807, 2.05) is 24.3 Å². The summed E-state index contributed by atoms with van der Waals surface area (Å²) in [5, 5.41) is 7.64. The van der Waals surface area contributed by atoms with Crippen molar-refractivity contribution in [3.8, 4) is 45.0 Å². The van der Waals surface area contributed by atoms with Crippen LogP contribution >= 0.6 is 0 Å². The monoisotopic (exact) mass is 698 g/mol. The second kappa shape index (κ2) is 12.5. The van der Waals surface area contributed by atoms with E-state index in [2.05, 4.69) is 182 Å². The maximum Gasteiger partial charge on any atom is 0.160 e. The van der Waals surface area contributed by atoms with Gasteiger partial charge in [-0.25, -0.2) is 9.97 Å². The van der Waals surface area contributed by atoms with Crippen LogP contribution in [-0.4, -0.2) is 9.97 Å². The fourth-order valence-corrected chi connectivity index (χ4v) is 9.12. The molecule has 2 nitrogen and oxygen atoms in total. The molecular weight excluding hydrogens is 665 g/mol. The van der Waals surface area contributed by atoms with Crippen LogP contribution in [0.2, 0.25) is 0 Å². The number of fused-ring (bicyclic) bond motifs is 9. The molecular formula is C53H34N2. The van der Waals surface area contributed by atoms with Gasteiger partial charge in [0.05, 0.1) is 16.8 Å². The minimum Gasteiger partial charge on any atom is -0.228 e. The summed E-state index contributed by atoms with van der Waals surface area (Å²) in [6.07, 6.45) is 0. The van der Waals surface area contributed by atoms with Crippen LogP contribution in [0, 0.1) is 0 Å². The quantitative estimate of drug-likeness (QED) is 0.167. The van der Waals surface area contributed by atoms with Crippen LogP contribution in [0.3, 0.4) is 0 Å². The van der Waals surface area contributed by atoms with E-state index in [4.69, 9.17) is 9.97 Å². The van der Waals surface area contributed by atoms with Crippen molar-refractivity contribution in [2.75, 3.05) is 0 Å². The molecule has 1 aliphatic rings. The smallest absolute Gasteiger partial charge is 0.160 e. The summed E-state index contributed by atoms with van der Waals surface area (Å²) in [6, 6.07) is 74.7. The molecule has 0 fully saturated rings. The first-order valence-corrected chi connectivity index (χ1v) is 18.9. The first-order valence-electron chi connectivity index (χ1n) is 18.9. The van der Waals surface area contributed by atoms with Crippen molar-refractivity contribution in [2.24, 2.45) is 0 Å². The third kappa shape index (κ3) is 4.82. The zero-order valence-corrected chi connectivity index (χ0v) is 30.0. The van der Waals surface area contributed by atoms with E-state index >= 15 is 0 Å². The van der Waals surface area contributed by atoms with Gasteiger partial charge in [0.15, 0.2) is 5.82 Å². The lowest BCUT2D eigenvalue weighted by atomic mass is 9.67. The van der Waals surface area contributed by atoms with Crippen molar-refractivity contribution >= 4 is 32.3 Å². The molecule has 55 heavy (non-hydrogen) atoms. The molecule has 0 radical (unpaired) electrons. The van der Waals surface area contributed by atoms with Gasteiger partial charge in [-0.3, -0.25) is 0 Å². The first kappa shape index (κ1) is 31.4. The minimum absolute atomic E-state index is 0.582. The molecule has 256 valence electrons. The lowest BCUT2D eigenvalue weighted by Gasteiger charge is -2.34. The molecule has 1 unspecified atom stereocenters. The van der Waals surface area contributed by atoms with Gasteiger partial charge in [-0.1, -0.05) is 188 Å². The SMILES string of the molecule is c1ccc(-c2cc(-c3ccc4c(c3)C(c3ccccc3)(c3ccc5c6ccccc6c6ccccc6c5c3)c3ccccc3-4)nc(-c3ccccc3)n2)cc1. The molecule has 0 saturated heterocycles. The molecule has 0 bridgehead atoms. The highest BCUT2D eigenvalue weighted by atomic mass is 14.9. The number of aromatic nitrogens is 2. The van der Waals surface area contributed by atoms with Crippen LogP contribution < -0.4 is 0 Å². The lowest BCUT2D eigenvalue weighted by molar-refractivity contribution is 0.770. The van der Waals surface area contributed by atoms with Gasteiger partial charge in [0.25, 0.3) is 0 Å². The van der Waals surface area contributed by atoms with Crippen LogP contribution in [-0.2, 0) is 5.41 Å². The lowest BCUT2D eigenvalue weighted by Crippen LogP contribution is -2.28.